The lowest BCUT2D eigenvalue weighted by atomic mass is 10.3. The number of halogens is 3. The summed E-state index contributed by atoms with van der Waals surface area (Å²) in [5.41, 5.74) is 0.562. The van der Waals surface area contributed by atoms with Gasteiger partial charge in [0.15, 0.2) is 13.0 Å². The van der Waals surface area contributed by atoms with Crippen molar-refractivity contribution in [2.75, 3.05) is 13.2 Å². The number of benzene rings is 1. The predicted molar refractivity (Wildman–Crippen MR) is 88.1 cm³/mol. The van der Waals surface area contributed by atoms with E-state index < -0.39 is 18.3 Å². The number of hydrogen-bond donors (Lipinski definition) is 0. The van der Waals surface area contributed by atoms with Crippen molar-refractivity contribution >= 4 is 0 Å². The van der Waals surface area contributed by atoms with E-state index in [1.54, 1.807) is 6.92 Å². The molecule has 0 spiro atoms. The van der Waals surface area contributed by atoms with Crippen molar-refractivity contribution in [2.24, 2.45) is 0 Å². The molecule has 0 aliphatic heterocycles. The van der Waals surface area contributed by atoms with Crippen LogP contribution in [0.2, 0.25) is 0 Å². The summed E-state index contributed by atoms with van der Waals surface area (Å²) >= 11 is 0. The van der Waals surface area contributed by atoms with Crippen LogP contribution in [0.1, 0.15) is 6.92 Å². The fraction of sp³-hybridized carbons (Fsp3) is 0.235. The Bertz CT molecular complexity index is 951. The smallest absolute Gasteiger partial charge is 0.422 e. The molecule has 0 radical (unpaired) electrons. The van der Waals surface area contributed by atoms with Gasteiger partial charge in [0.1, 0.15) is 23.4 Å². The van der Waals surface area contributed by atoms with Gasteiger partial charge in [-0.15, -0.1) is 0 Å². The largest absolute Gasteiger partial charge is 0.484 e. The average molecular weight is 381 g/mol. The second kappa shape index (κ2) is 7.52. The van der Waals surface area contributed by atoms with Gasteiger partial charge in [0.25, 0.3) is 5.56 Å². The van der Waals surface area contributed by atoms with E-state index in [2.05, 4.69) is 14.7 Å². The van der Waals surface area contributed by atoms with Gasteiger partial charge >= 0.3 is 12.2 Å². The van der Waals surface area contributed by atoms with Crippen molar-refractivity contribution in [3.63, 3.8) is 0 Å². The van der Waals surface area contributed by atoms with Gasteiger partial charge in [-0.25, -0.2) is 9.55 Å². The fourth-order valence-electron chi connectivity index (χ4n) is 2.25. The molecule has 0 saturated heterocycles. The number of alkyl halides is 3. The maximum atomic E-state index is 12.6. The van der Waals surface area contributed by atoms with Crippen molar-refractivity contribution in [3.8, 4) is 28.8 Å². The standard InChI is InChI=1S/C17H14F3N3O4/c1-2-26-16-22-13(14-8-25-10-21-14)7-15(24)23(16)11-3-5-12(6-4-11)27-9-17(18,19)20/h3-8,10H,2,9H2,1H3. The van der Waals surface area contributed by atoms with Gasteiger partial charge in [-0.3, -0.25) is 4.79 Å². The first-order valence-corrected chi connectivity index (χ1v) is 7.83. The molecule has 0 N–H and O–H groups in total. The summed E-state index contributed by atoms with van der Waals surface area (Å²) in [4.78, 5) is 20.8. The van der Waals surface area contributed by atoms with Gasteiger partial charge in [-0.1, -0.05) is 0 Å². The monoisotopic (exact) mass is 381 g/mol. The van der Waals surface area contributed by atoms with Crippen molar-refractivity contribution in [2.45, 2.75) is 13.1 Å². The number of aromatic nitrogens is 3. The van der Waals surface area contributed by atoms with Crippen LogP contribution in [-0.2, 0) is 0 Å². The van der Waals surface area contributed by atoms with Crippen LogP contribution in [0.25, 0.3) is 17.1 Å². The highest BCUT2D eigenvalue weighted by Crippen LogP contribution is 2.22. The summed E-state index contributed by atoms with van der Waals surface area (Å²) in [6, 6.07) is 6.81. The lowest BCUT2D eigenvalue weighted by molar-refractivity contribution is -0.153. The minimum absolute atomic E-state index is 0.0203. The van der Waals surface area contributed by atoms with E-state index in [0.29, 0.717) is 11.4 Å². The molecule has 0 amide bonds. The average Bonchev–Trinajstić information content (AvgIpc) is 3.15. The second-order valence-electron chi connectivity index (χ2n) is 5.30. The molecule has 2 aromatic heterocycles. The van der Waals surface area contributed by atoms with E-state index in [1.807, 2.05) is 0 Å². The van der Waals surface area contributed by atoms with Crippen LogP contribution in [0.15, 0.2) is 52.2 Å². The Kier molecular flexibility index (Phi) is 5.15. The summed E-state index contributed by atoms with van der Waals surface area (Å²) in [6.45, 7) is 0.583. The molecule has 3 aromatic rings. The maximum Gasteiger partial charge on any atom is 0.422 e. The van der Waals surface area contributed by atoms with Gasteiger partial charge in [0.05, 0.1) is 12.3 Å². The highest BCUT2D eigenvalue weighted by atomic mass is 19.4. The van der Waals surface area contributed by atoms with Crippen LogP contribution < -0.4 is 15.0 Å². The zero-order chi connectivity index (χ0) is 19.4. The third-order valence-corrected chi connectivity index (χ3v) is 3.35. The number of oxazole rings is 1. The Labute approximate surface area is 151 Å². The third-order valence-electron chi connectivity index (χ3n) is 3.35. The summed E-state index contributed by atoms with van der Waals surface area (Å²) in [5.74, 6) is 0.0225. The van der Waals surface area contributed by atoms with Crippen LogP contribution in [0.3, 0.4) is 0 Å². The molecule has 1 aromatic carbocycles. The second-order valence-corrected chi connectivity index (χ2v) is 5.30. The van der Waals surface area contributed by atoms with E-state index in [-0.39, 0.29) is 24.1 Å². The van der Waals surface area contributed by atoms with Gasteiger partial charge < -0.3 is 13.9 Å². The lowest BCUT2D eigenvalue weighted by Gasteiger charge is -2.13. The zero-order valence-corrected chi connectivity index (χ0v) is 14.1. The number of hydrogen-bond acceptors (Lipinski definition) is 6. The lowest BCUT2D eigenvalue weighted by Crippen LogP contribution is -2.22. The number of ether oxygens (including phenoxy) is 2. The highest BCUT2D eigenvalue weighted by molar-refractivity contribution is 5.53. The van der Waals surface area contributed by atoms with Crippen molar-refractivity contribution in [1.82, 2.24) is 14.5 Å². The Morgan fingerprint density at radius 2 is 1.89 bits per heavy atom. The number of rotatable bonds is 6. The molecule has 10 heteroatoms. The Hall–Kier alpha value is -3.30. The Morgan fingerprint density at radius 1 is 1.15 bits per heavy atom. The first kappa shape index (κ1) is 18.5. The molecule has 7 nitrogen and oxygen atoms in total. The van der Waals surface area contributed by atoms with Crippen molar-refractivity contribution < 1.29 is 27.1 Å². The van der Waals surface area contributed by atoms with Gasteiger partial charge in [-0.2, -0.15) is 18.2 Å². The molecule has 27 heavy (non-hydrogen) atoms. The van der Waals surface area contributed by atoms with E-state index in [1.165, 1.54) is 47.6 Å². The molecule has 0 fully saturated rings. The molecule has 0 aliphatic carbocycles. The molecule has 142 valence electrons. The van der Waals surface area contributed by atoms with E-state index in [4.69, 9.17) is 9.15 Å². The van der Waals surface area contributed by atoms with Crippen LogP contribution in [-0.4, -0.2) is 33.9 Å². The number of nitrogens with zero attached hydrogens (tertiary/aromatic N) is 3. The highest BCUT2D eigenvalue weighted by Gasteiger charge is 2.28. The minimum atomic E-state index is -4.43. The summed E-state index contributed by atoms with van der Waals surface area (Å²) < 4.78 is 52.9. The fourth-order valence-corrected chi connectivity index (χ4v) is 2.25. The van der Waals surface area contributed by atoms with Crippen molar-refractivity contribution in [3.05, 3.63) is 53.3 Å². The zero-order valence-electron chi connectivity index (χ0n) is 14.1. The molecule has 0 saturated carbocycles. The predicted octanol–water partition coefficient (Wildman–Crippen LogP) is 3.23. The summed E-state index contributed by atoms with van der Waals surface area (Å²) in [7, 11) is 0. The molecular weight excluding hydrogens is 367 g/mol. The van der Waals surface area contributed by atoms with E-state index in [9.17, 15) is 18.0 Å². The van der Waals surface area contributed by atoms with Gasteiger partial charge in [0.2, 0.25) is 0 Å². The van der Waals surface area contributed by atoms with E-state index >= 15 is 0 Å². The topological polar surface area (TPSA) is 79.4 Å². The SMILES string of the molecule is CCOc1nc(-c2cocn2)cc(=O)n1-c1ccc(OCC(F)(F)F)cc1. The van der Waals surface area contributed by atoms with Gasteiger partial charge in [-0.05, 0) is 31.2 Å². The normalized spacial score (nSPS) is 11.4. The quantitative estimate of drug-likeness (QED) is 0.652. The van der Waals surface area contributed by atoms with E-state index in [0.717, 1.165) is 0 Å². The van der Waals surface area contributed by atoms with Crippen LogP contribution >= 0.6 is 0 Å². The van der Waals surface area contributed by atoms with Crippen LogP contribution in [0.5, 0.6) is 11.8 Å². The maximum absolute atomic E-state index is 12.6. The first-order chi connectivity index (χ1) is 12.9. The van der Waals surface area contributed by atoms with Crippen LogP contribution in [0.4, 0.5) is 13.2 Å². The summed E-state index contributed by atoms with van der Waals surface area (Å²) in [5, 5.41) is 0. The molecule has 0 atom stereocenters. The minimum Gasteiger partial charge on any atom is -0.484 e. The third kappa shape index (κ3) is 4.46. The molecule has 2 heterocycles. The molecular formula is C17H14F3N3O4. The Balaban J connectivity index is 1.94. The molecule has 3 rings (SSSR count). The molecule has 0 unspecified atom stereocenters. The summed E-state index contributed by atoms with van der Waals surface area (Å²) in [6.07, 6.45) is -1.88. The first-order valence-electron chi connectivity index (χ1n) is 7.83. The van der Waals surface area contributed by atoms with Crippen molar-refractivity contribution in [1.29, 1.82) is 0 Å². The Morgan fingerprint density at radius 3 is 2.48 bits per heavy atom. The van der Waals surface area contributed by atoms with Crippen LogP contribution in [0, 0.1) is 0 Å². The van der Waals surface area contributed by atoms with Gasteiger partial charge in [0, 0.05) is 6.07 Å². The molecule has 0 bridgehead atoms. The molecule has 0 aliphatic rings.